The Balaban J connectivity index is 0.00000110. The molecule has 0 aromatic carbocycles. The molecule has 0 spiro atoms. The van der Waals surface area contributed by atoms with Crippen molar-refractivity contribution in [2.24, 2.45) is 23.7 Å². The van der Waals surface area contributed by atoms with Crippen LogP contribution in [-0.2, 0) is 40.8 Å². The molecule has 3 rings (SSSR count). The second kappa shape index (κ2) is 11.0. The fourth-order valence-electron chi connectivity index (χ4n) is 5.02. The zero-order chi connectivity index (χ0) is 12.9. The molecule has 3 saturated carbocycles. The summed E-state index contributed by atoms with van der Waals surface area (Å²) in [6.07, 6.45) is 24.5. The average Bonchev–Trinajstić information content (AvgIpc) is 2.50. The summed E-state index contributed by atoms with van der Waals surface area (Å²) in [5.74, 6) is 4.37. The van der Waals surface area contributed by atoms with Crippen molar-refractivity contribution in [1.82, 2.24) is 0 Å². The Morgan fingerprint density at radius 1 is 0.524 bits per heavy atom. The van der Waals surface area contributed by atoms with Gasteiger partial charge in [0, 0.05) is 40.8 Å². The van der Waals surface area contributed by atoms with Crippen molar-refractivity contribution in [2.75, 3.05) is 0 Å². The molecule has 3 aliphatic rings. The molecule has 2 heteroatoms. The fraction of sp³-hybridized carbons (Fsp3) is 0.895. The second-order valence-electron chi connectivity index (χ2n) is 7.53. The minimum absolute atomic E-state index is 0. The maximum Gasteiger partial charge on any atom is 0 e. The van der Waals surface area contributed by atoms with Crippen molar-refractivity contribution >= 4 is 0 Å². The minimum Gasteiger partial charge on any atom is -0.328 e. The molecule has 124 valence electrons. The van der Waals surface area contributed by atoms with Crippen LogP contribution in [0.3, 0.4) is 0 Å². The predicted octanol–water partition coefficient (Wildman–Crippen LogP) is 5.97. The summed E-state index contributed by atoms with van der Waals surface area (Å²) in [6.45, 7) is 0. The average molecular weight is 633 g/mol. The number of rotatable bonds is 3. The standard InChI is InChI=1S/C19H32.2Re/c1-3-7-16(8-4-1)15-17-11-13-19(14-12-17)18-9-5-2-6-10-18;;/h1-2,16-19H,3-15H2;;/q-2;;. The molecule has 2 radical (unpaired) electrons. The quantitative estimate of drug-likeness (QED) is 0.337. The smallest absolute Gasteiger partial charge is 0 e. The van der Waals surface area contributed by atoms with Crippen LogP contribution in [0.25, 0.3) is 0 Å². The van der Waals surface area contributed by atoms with Crippen LogP contribution < -0.4 is 0 Å². The maximum atomic E-state index is 2.52. The van der Waals surface area contributed by atoms with Gasteiger partial charge in [-0.15, -0.1) is 0 Å². The summed E-state index contributed by atoms with van der Waals surface area (Å²) in [4.78, 5) is 0. The first-order valence-corrected chi connectivity index (χ1v) is 9.05. The van der Waals surface area contributed by atoms with Gasteiger partial charge in [-0.1, -0.05) is 38.5 Å². The van der Waals surface area contributed by atoms with E-state index < -0.39 is 0 Å². The van der Waals surface area contributed by atoms with Crippen molar-refractivity contribution < 1.29 is 40.8 Å². The Hall–Kier alpha value is 1.32. The van der Waals surface area contributed by atoms with Crippen LogP contribution >= 0.6 is 0 Å². The Morgan fingerprint density at radius 3 is 1.52 bits per heavy atom. The third kappa shape index (κ3) is 6.38. The summed E-state index contributed by atoms with van der Waals surface area (Å²) in [5, 5.41) is 0. The van der Waals surface area contributed by atoms with E-state index in [0.717, 1.165) is 23.7 Å². The fourth-order valence-corrected chi connectivity index (χ4v) is 5.02. The first kappa shape index (κ1) is 20.4. The summed E-state index contributed by atoms with van der Waals surface area (Å²) < 4.78 is 0. The van der Waals surface area contributed by atoms with Crippen molar-refractivity contribution in [3.8, 4) is 0 Å². The molecule has 0 aromatic rings. The minimum atomic E-state index is 0. The molecule has 0 bridgehead atoms. The summed E-state index contributed by atoms with van der Waals surface area (Å²) in [7, 11) is 0. The number of hydrogen-bond acceptors (Lipinski definition) is 0. The van der Waals surface area contributed by atoms with Crippen molar-refractivity contribution in [2.45, 2.75) is 83.5 Å². The second-order valence-corrected chi connectivity index (χ2v) is 7.53. The molecule has 0 amide bonds. The number of hydrogen-bond donors (Lipinski definition) is 0. The van der Waals surface area contributed by atoms with Gasteiger partial charge < -0.3 is 12.8 Å². The zero-order valence-electron chi connectivity index (χ0n) is 13.4. The van der Waals surface area contributed by atoms with Crippen LogP contribution in [0.15, 0.2) is 0 Å². The molecular formula is C19H32Re2-2. The van der Waals surface area contributed by atoms with E-state index in [1.54, 1.807) is 32.1 Å². The Labute approximate surface area is 160 Å². The Bertz CT molecular complexity index is 246. The Kier molecular flexibility index (Phi) is 10.7. The zero-order valence-corrected chi connectivity index (χ0v) is 18.8. The molecule has 0 aromatic heterocycles. The van der Waals surface area contributed by atoms with Gasteiger partial charge in [0.2, 0.25) is 0 Å². The van der Waals surface area contributed by atoms with Crippen molar-refractivity contribution in [1.29, 1.82) is 0 Å². The topological polar surface area (TPSA) is 0 Å². The molecule has 0 atom stereocenters. The van der Waals surface area contributed by atoms with E-state index in [-0.39, 0.29) is 40.8 Å². The van der Waals surface area contributed by atoms with Gasteiger partial charge >= 0.3 is 0 Å². The van der Waals surface area contributed by atoms with Gasteiger partial charge in [0.25, 0.3) is 0 Å². The van der Waals surface area contributed by atoms with Gasteiger partial charge in [-0.3, -0.25) is 0 Å². The molecule has 0 heterocycles. The van der Waals surface area contributed by atoms with Crippen LogP contribution in [-0.4, -0.2) is 0 Å². The molecule has 0 unspecified atom stereocenters. The third-order valence-corrected chi connectivity index (χ3v) is 6.27. The van der Waals surface area contributed by atoms with Gasteiger partial charge in [0.05, 0.1) is 0 Å². The van der Waals surface area contributed by atoms with Crippen LogP contribution in [0.1, 0.15) is 83.5 Å². The molecule has 21 heavy (non-hydrogen) atoms. The summed E-state index contributed by atoms with van der Waals surface area (Å²) >= 11 is 0. The van der Waals surface area contributed by atoms with Crippen LogP contribution in [0.5, 0.6) is 0 Å². The van der Waals surface area contributed by atoms with Crippen LogP contribution in [0.2, 0.25) is 0 Å². The van der Waals surface area contributed by atoms with E-state index in [1.807, 2.05) is 0 Å². The van der Waals surface area contributed by atoms with Gasteiger partial charge in [-0.2, -0.15) is 25.7 Å². The normalized spacial score (nSPS) is 32.0. The van der Waals surface area contributed by atoms with Gasteiger partial charge in [0.1, 0.15) is 0 Å². The third-order valence-electron chi connectivity index (χ3n) is 6.27. The molecular weight excluding hydrogens is 601 g/mol. The van der Waals surface area contributed by atoms with E-state index in [0.29, 0.717) is 0 Å². The summed E-state index contributed by atoms with van der Waals surface area (Å²) in [5.41, 5.74) is 0. The van der Waals surface area contributed by atoms with Crippen molar-refractivity contribution in [3.63, 3.8) is 0 Å². The monoisotopic (exact) mass is 634 g/mol. The van der Waals surface area contributed by atoms with Crippen LogP contribution in [0.4, 0.5) is 0 Å². The largest absolute Gasteiger partial charge is 0.328 e. The van der Waals surface area contributed by atoms with E-state index in [2.05, 4.69) is 12.8 Å². The SMILES string of the molecule is [CH-]1CCC(CC2CCC(C3CC[CH-]CC3)CC2)CC1.[Re].[Re]. The van der Waals surface area contributed by atoms with E-state index >= 15 is 0 Å². The maximum absolute atomic E-state index is 2.52. The first-order chi connectivity index (χ1) is 9.42. The van der Waals surface area contributed by atoms with E-state index in [4.69, 9.17) is 0 Å². The molecule has 0 saturated heterocycles. The molecule has 0 N–H and O–H groups in total. The molecule has 0 aliphatic heterocycles. The molecule has 3 fully saturated rings. The van der Waals surface area contributed by atoms with Gasteiger partial charge in [-0.25, -0.2) is 0 Å². The predicted molar refractivity (Wildman–Crippen MR) is 82.6 cm³/mol. The molecule has 0 nitrogen and oxygen atoms in total. The van der Waals surface area contributed by atoms with E-state index in [1.165, 1.54) is 51.4 Å². The first-order valence-electron chi connectivity index (χ1n) is 9.05. The van der Waals surface area contributed by atoms with Gasteiger partial charge in [0.15, 0.2) is 0 Å². The summed E-state index contributed by atoms with van der Waals surface area (Å²) in [6, 6.07) is 0. The van der Waals surface area contributed by atoms with Crippen molar-refractivity contribution in [3.05, 3.63) is 12.8 Å². The van der Waals surface area contributed by atoms with Gasteiger partial charge in [-0.05, 0) is 42.9 Å². The Morgan fingerprint density at radius 2 is 0.952 bits per heavy atom. The molecule has 3 aliphatic carbocycles. The van der Waals surface area contributed by atoms with E-state index in [9.17, 15) is 0 Å². The van der Waals surface area contributed by atoms with Crippen LogP contribution in [0, 0.1) is 36.5 Å².